The summed E-state index contributed by atoms with van der Waals surface area (Å²) in [6, 6.07) is 0.542. The SMILES string of the molecule is NC(=O)C1(NC2CC2)CCCC1CCSC1COC1. The van der Waals surface area contributed by atoms with Gasteiger partial charge in [-0.3, -0.25) is 4.79 Å². The van der Waals surface area contributed by atoms with Crippen LogP contribution in [0.4, 0.5) is 0 Å². The van der Waals surface area contributed by atoms with E-state index in [-0.39, 0.29) is 5.91 Å². The van der Waals surface area contributed by atoms with Crippen LogP contribution < -0.4 is 11.1 Å². The molecule has 1 heterocycles. The van der Waals surface area contributed by atoms with Gasteiger partial charge in [-0.25, -0.2) is 0 Å². The number of carbonyl (C=O) groups excluding carboxylic acids is 1. The highest BCUT2D eigenvalue weighted by Crippen LogP contribution is 2.41. The first-order chi connectivity index (χ1) is 9.21. The van der Waals surface area contributed by atoms with Gasteiger partial charge in [-0.1, -0.05) is 6.42 Å². The molecule has 108 valence electrons. The molecule has 1 amide bonds. The van der Waals surface area contributed by atoms with Gasteiger partial charge in [-0.2, -0.15) is 11.8 Å². The maximum atomic E-state index is 12.0. The monoisotopic (exact) mass is 284 g/mol. The second kappa shape index (κ2) is 5.62. The minimum absolute atomic E-state index is 0.126. The van der Waals surface area contributed by atoms with Gasteiger partial charge in [0.1, 0.15) is 5.54 Å². The fourth-order valence-corrected chi connectivity index (χ4v) is 4.47. The predicted octanol–water partition coefficient (Wildman–Crippen LogP) is 1.28. The predicted molar refractivity (Wildman–Crippen MR) is 77.1 cm³/mol. The first-order valence-corrected chi connectivity index (χ1v) is 8.52. The molecule has 5 heteroatoms. The van der Waals surface area contributed by atoms with Gasteiger partial charge in [0.2, 0.25) is 5.91 Å². The zero-order valence-corrected chi connectivity index (χ0v) is 12.2. The van der Waals surface area contributed by atoms with Crippen molar-refractivity contribution in [2.24, 2.45) is 11.7 Å². The molecule has 0 spiro atoms. The standard InChI is InChI=1S/C14H24N2O2S/c15-13(17)14(16-11-3-4-11)6-1-2-10(14)5-7-19-12-8-18-9-12/h10-12,16H,1-9H2,(H2,15,17). The van der Waals surface area contributed by atoms with Crippen molar-refractivity contribution in [3.8, 4) is 0 Å². The maximum absolute atomic E-state index is 12.0. The molecular weight excluding hydrogens is 260 g/mol. The van der Waals surface area contributed by atoms with Crippen LogP contribution in [0.25, 0.3) is 0 Å². The second-order valence-electron chi connectivity index (χ2n) is 6.16. The summed E-state index contributed by atoms with van der Waals surface area (Å²) < 4.78 is 5.19. The van der Waals surface area contributed by atoms with E-state index in [0.29, 0.717) is 17.2 Å². The lowest BCUT2D eigenvalue weighted by molar-refractivity contribution is -0.126. The van der Waals surface area contributed by atoms with E-state index in [4.69, 9.17) is 10.5 Å². The molecule has 0 aromatic rings. The number of hydrogen-bond donors (Lipinski definition) is 2. The lowest BCUT2D eigenvalue weighted by atomic mass is 9.84. The molecule has 19 heavy (non-hydrogen) atoms. The quantitative estimate of drug-likeness (QED) is 0.739. The maximum Gasteiger partial charge on any atom is 0.238 e. The lowest BCUT2D eigenvalue weighted by Gasteiger charge is -2.34. The van der Waals surface area contributed by atoms with E-state index < -0.39 is 5.54 Å². The number of nitrogens with two attached hydrogens (primary N) is 1. The highest BCUT2D eigenvalue weighted by molar-refractivity contribution is 8.00. The van der Waals surface area contributed by atoms with Crippen LogP contribution in [0.1, 0.15) is 38.5 Å². The fourth-order valence-electron chi connectivity index (χ4n) is 3.33. The van der Waals surface area contributed by atoms with Gasteiger partial charge in [-0.05, 0) is 43.8 Å². The summed E-state index contributed by atoms with van der Waals surface area (Å²) in [5, 5.41) is 4.25. The van der Waals surface area contributed by atoms with E-state index in [1.807, 2.05) is 11.8 Å². The van der Waals surface area contributed by atoms with Crippen LogP contribution in [-0.4, -0.2) is 41.7 Å². The smallest absolute Gasteiger partial charge is 0.238 e. The summed E-state index contributed by atoms with van der Waals surface area (Å²) in [6.07, 6.45) is 6.71. The van der Waals surface area contributed by atoms with Crippen LogP contribution >= 0.6 is 11.8 Å². The first kappa shape index (κ1) is 13.7. The third-order valence-electron chi connectivity index (χ3n) is 4.73. The number of ether oxygens (including phenoxy) is 1. The van der Waals surface area contributed by atoms with Crippen molar-refractivity contribution in [2.75, 3.05) is 19.0 Å². The van der Waals surface area contributed by atoms with Gasteiger partial charge < -0.3 is 15.8 Å². The number of primary amides is 1. The molecule has 2 saturated carbocycles. The molecule has 1 saturated heterocycles. The average Bonchev–Trinajstić information content (AvgIpc) is 3.02. The topological polar surface area (TPSA) is 64.4 Å². The van der Waals surface area contributed by atoms with Crippen molar-refractivity contribution in [1.29, 1.82) is 0 Å². The normalized spacial score (nSPS) is 35.3. The van der Waals surface area contributed by atoms with Crippen molar-refractivity contribution in [3.63, 3.8) is 0 Å². The minimum Gasteiger partial charge on any atom is -0.379 e. The van der Waals surface area contributed by atoms with Crippen LogP contribution in [0.3, 0.4) is 0 Å². The second-order valence-corrected chi connectivity index (χ2v) is 7.57. The number of thioether (sulfide) groups is 1. The van der Waals surface area contributed by atoms with E-state index >= 15 is 0 Å². The Labute approximate surface area is 119 Å². The Balaban J connectivity index is 1.55. The van der Waals surface area contributed by atoms with Crippen molar-refractivity contribution in [1.82, 2.24) is 5.32 Å². The first-order valence-electron chi connectivity index (χ1n) is 7.47. The van der Waals surface area contributed by atoms with E-state index in [9.17, 15) is 4.79 Å². The molecule has 0 bridgehead atoms. The van der Waals surface area contributed by atoms with Crippen LogP contribution in [0.15, 0.2) is 0 Å². The summed E-state index contributed by atoms with van der Waals surface area (Å²) in [5.41, 5.74) is 5.33. The molecule has 0 aromatic carbocycles. The Bertz CT molecular complexity index is 344. The van der Waals surface area contributed by atoms with Crippen molar-refractivity contribution in [3.05, 3.63) is 0 Å². The molecule has 1 aliphatic heterocycles. The van der Waals surface area contributed by atoms with E-state index in [0.717, 1.165) is 44.6 Å². The van der Waals surface area contributed by atoms with Crippen molar-refractivity contribution < 1.29 is 9.53 Å². The highest BCUT2D eigenvalue weighted by Gasteiger charge is 2.49. The molecule has 2 atom stereocenters. The molecule has 3 aliphatic rings. The molecular formula is C14H24N2O2S. The van der Waals surface area contributed by atoms with Gasteiger partial charge in [-0.15, -0.1) is 0 Å². The van der Waals surface area contributed by atoms with Crippen LogP contribution in [0.2, 0.25) is 0 Å². The number of carbonyl (C=O) groups is 1. The Morgan fingerprint density at radius 2 is 2.16 bits per heavy atom. The third kappa shape index (κ3) is 2.93. The number of amides is 1. The molecule has 4 nitrogen and oxygen atoms in total. The lowest BCUT2D eigenvalue weighted by Crippen LogP contribution is -2.58. The summed E-state index contributed by atoms with van der Waals surface area (Å²) in [7, 11) is 0. The number of nitrogens with one attached hydrogen (secondary N) is 1. The van der Waals surface area contributed by atoms with Crippen LogP contribution in [-0.2, 0) is 9.53 Å². The Kier molecular flexibility index (Phi) is 4.06. The van der Waals surface area contributed by atoms with Gasteiger partial charge in [0.25, 0.3) is 0 Å². The third-order valence-corrected chi connectivity index (χ3v) is 5.94. The number of hydrogen-bond acceptors (Lipinski definition) is 4. The Hall–Kier alpha value is -0.260. The highest BCUT2D eigenvalue weighted by atomic mass is 32.2. The molecule has 3 N–H and O–H groups in total. The molecule has 2 unspecified atom stereocenters. The molecule has 3 fully saturated rings. The Morgan fingerprint density at radius 1 is 1.37 bits per heavy atom. The minimum atomic E-state index is -0.405. The molecule has 0 aromatic heterocycles. The molecule has 2 aliphatic carbocycles. The zero-order chi connectivity index (χ0) is 13.3. The fraction of sp³-hybridized carbons (Fsp3) is 0.929. The largest absolute Gasteiger partial charge is 0.379 e. The molecule has 0 radical (unpaired) electrons. The van der Waals surface area contributed by atoms with Gasteiger partial charge in [0, 0.05) is 6.04 Å². The zero-order valence-electron chi connectivity index (χ0n) is 11.4. The number of rotatable bonds is 7. The van der Waals surface area contributed by atoms with Crippen LogP contribution in [0.5, 0.6) is 0 Å². The Morgan fingerprint density at radius 3 is 2.74 bits per heavy atom. The van der Waals surface area contributed by atoms with Crippen molar-refractivity contribution >= 4 is 17.7 Å². The summed E-state index contributed by atoms with van der Waals surface area (Å²) in [5.74, 6) is 1.43. The summed E-state index contributed by atoms with van der Waals surface area (Å²) in [6.45, 7) is 1.80. The average molecular weight is 284 g/mol. The van der Waals surface area contributed by atoms with E-state index in [1.54, 1.807) is 0 Å². The summed E-state index contributed by atoms with van der Waals surface area (Å²) >= 11 is 1.99. The van der Waals surface area contributed by atoms with Gasteiger partial charge in [0.15, 0.2) is 0 Å². The van der Waals surface area contributed by atoms with Crippen LogP contribution in [0, 0.1) is 5.92 Å². The van der Waals surface area contributed by atoms with Gasteiger partial charge in [0.05, 0.1) is 18.5 Å². The van der Waals surface area contributed by atoms with Gasteiger partial charge >= 0.3 is 0 Å². The van der Waals surface area contributed by atoms with Crippen molar-refractivity contribution in [2.45, 2.75) is 55.4 Å². The molecule has 3 rings (SSSR count). The van der Waals surface area contributed by atoms with E-state index in [2.05, 4.69) is 5.32 Å². The summed E-state index contributed by atoms with van der Waals surface area (Å²) in [4.78, 5) is 12.0. The van der Waals surface area contributed by atoms with E-state index in [1.165, 1.54) is 12.8 Å².